The monoisotopic (exact) mass is 673 g/mol. The van der Waals surface area contributed by atoms with E-state index < -0.39 is 71.0 Å². The van der Waals surface area contributed by atoms with Crippen molar-refractivity contribution in [1.29, 1.82) is 0 Å². The van der Waals surface area contributed by atoms with Gasteiger partial charge < -0.3 is 9.64 Å². The van der Waals surface area contributed by atoms with Crippen LogP contribution in [0, 0.1) is 5.92 Å². The van der Waals surface area contributed by atoms with E-state index in [1.807, 2.05) is 0 Å². The maximum atomic E-state index is 13.9. The molecule has 0 aliphatic carbocycles. The van der Waals surface area contributed by atoms with E-state index in [1.165, 1.54) is 29.2 Å². The second-order valence-corrected chi connectivity index (χ2v) is 15.5. The highest BCUT2D eigenvalue weighted by atomic mass is 32.2. The SMILES string of the molecule is CC(C)(C)OC(=O)N1C[C@@H](C(=O)N2CCC(NS(=O)(=O)c3cc(S(=O)(=O)c4ccccc4)ccc3C(F)(F)F)CC2)CCC1=O. The fourth-order valence-electron chi connectivity index (χ4n) is 5.16. The number of rotatable bonds is 6. The average Bonchev–Trinajstić information content (AvgIpc) is 2.96. The van der Waals surface area contributed by atoms with Crippen molar-refractivity contribution >= 4 is 37.8 Å². The Bertz CT molecular complexity index is 1670. The number of nitrogens with zero attached hydrogens (tertiary/aromatic N) is 2. The summed E-state index contributed by atoms with van der Waals surface area (Å²) in [6.45, 7) is 4.91. The van der Waals surface area contributed by atoms with Crippen LogP contribution in [0.3, 0.4) is 0 Å². The van der Waals surface area contributed by atoms with E-state index in [4.69, 9.17) is 4.74 Å². The van der Waals surface area contributed by atoms with E-state index in [-0.39, 0.29) is 56.1 Å². The summed E-state index contributed by atoms with van der Waals surface area (Å²) in [7, 11) is -9.19. The van der Waals surface area contributed by atoms with E-state index in [0.29, 0.717) is 12.1 Å². The average molecular weight is 674 g/mol. The third-order valence-electron chi connectivity index (χ3n) is 7.41. The fourth-order valence-corrected chi connectivity index (χ4v) is 8.10. The predicted molar refractivity (Wildman–Crippen MR) is 154 cm³/mol. The number of sulfone groups is 1. The molecule has 0 bridgehead atoms. The van der Waals surface area contributed by atoms with Gasteiger partial charge in [0.1, 0.15) is 5.60 Å². The molecule has 0 unspecified atom stereocenters. The number of nitrogens with one attached hydrogen (secondary N) is 1. The molecule has 45 heavy (non-hydrogen) atoms. The maximum Gasteiger partial charge on any atom is 0.417 e. The van der Waals surface area contributed by atoms with Crippen molar-refractivity contribution in [2.75, 3.05) is 19.6 Å². The lowest BCUT2D eigenvalue weighted by Crippen LogP contribution is -2.53. The number of sulfonamides is 1. The van der Waals surface area contributed by atoms with E-state index in [2.05, 4.69) is 4.72 Å². The van der Waals surface area contributed by atoms with Gasteiger partial charge in [0, 0.05) is 32.1 Å². The van der Waals surface area contributed by atoms with Gasteiger partial charge in [-0.25, -0.2) is 31.3 Å². The molecule has 0 radical (unpaired) electrons. The summed E-state index contributed by atoms with van der Waals surface area (Å²) in [5, 5.41) is 0. The summed E-state index contributed by atoms with van der Waals surface area (Å²) < 4.78 is 102. The zero-order valence-electron chi connectivity index (χ0n) is 24.8. The Labute approximate surface area is 259 Å². The highest BCUT2D eigenvalue weighted by Gasteiger charge is 2.41. The van der Waals surface area contributed by atoms with Crippen LogP contribution in [0.5, 0.6) is 0 Å². The Hall–Kier alpha value is -3.50. The van der Waals surface area contributed by atoms with Crippen LogP contribution < -0.4 is 4.72 Å². The predicted octanol–water partition coefficient (Wildman–Crippen LogP) is 3.98. The number of halogens is 3. The highest BCUT2D eigenvalue weighted by Crippen LogP contribution is 2.36. The molecule has 0 saturated carbocycles. The number of benzene rings is 2. The molecular formula is C29H34F3N3O8S2. The molecule has 1 atom stereocenters. The number of imide groups is 1. The van der Waals surface area contributed by atoms with Gasteiger partial charge in [0.15, 0.2) is 0 Å². The summed E-state index contributed by atoms with van der Waals surface area (Å²) >= 11 is 0. The second-order valence-electron chi connectivity index (χ2n) is 11.9. The normalized spacial score (nSPS) is 19.0. The quantitative estimate of drug-likeness (QED) is 0.485. The van der Waals surface area contributed by atoms with Crippen LogP contribution in [0.1, 0.15) is 52.0 Å². The smallest absolute Gasteiger partial charge is 0.417 e. The topological polar surface area (TPSA) is 147 Å². The molecule has 11 nitrogen and oxygen atoms in total. The van der Waals surface area contributed by atoms with Crippen LogP contribution in [0.4, 0.5) is 18.0 Å². The van der Waals surface area contributed by atoms with Crippen LogP contribution in [-0.2, 0) is 40.4 Å². The Morgan fingerprint density at radius 2 is 1.53 bits per heavy atom. The fraction of sp³-hybridized carbons (Fsp3) is 0.483. The minimum absolute atomic E-state index is 0.0352. The van der Waals surface area contributed by atoms with Gasteiger partial charge in [-0.15, -0.1) is 0 Å². The number of ether oxygens (including phenoxy) is 1. The van der Waals surface area contributed by atoms with Crippen molar-refractivity contribution in [3.05, 3.63) is 54.1 Å². The van der Waals surface area contributed by atoms with Crippen molar-refractivity contribution in [2.24, 2.45) is 5.92 Å². The largest absolute Gasteiger partial charge is 0.443 e. The maximum absolute atomic E-state index is 13.9. The van der Waals surface area contributed by atoms with E-state index in [0.717, 1.165) is 11.0 Å². The third-order valence-corrected chi connectivity index (χ3v) is 10.7. The molecule has 4 rings (SSSR count). The first-order valence-corrected chi connectivity index (χ1v) is 17.1. The molecule has 246 valence electrons. The number of hydrogen-bond donors (Lipinski definition) is 1. The van der Waals surface area contributed by atoms with Crippen molar-refractivity contribution in [2.45, 2.75) is 79.0 Å². The van der Waals surface area contributed by atoms with Gasteiger partial charge in [0.25, 0.3) is 0 Å². The molecule has 2 aromatic carbocycles. The molecule has 16 heteroatoms. The molecule has 3 amide bonds. The molecule has 1 N–H and O–H groups in total. The van der Waals surface area contributed by atoms with Gasteiger partial charge in [-0.3, -0.25) is 9.59 Å². The number of carbonyl (C=O) groups excluding carboxylic acids is 3. The van der Waals surface area contributed by atoms with Crippen molar-refractivity contribution in [3.63, 3.8) is 0 Å². The standard InChI is InChI=1S/C29H34F3N3O8S2/c1-28(2,3)43-27(38)35-18-19(9-12-25(35)36)26(37)34-15-13-20(14-16-34)33-45(41,42)24-17-22(10-11-23(24)29(30,31)32)44(39,40)21-7-5-4-6-8-21/h4-8,10-11,17,19-20,33H,9,12-16,18H2,1-3H3/t19-/m0/s1. The zero-order chi connectivity index (χ0) is 33.4. The first-order chi connectivity index (χ1) is 20.8. The van der Waals surface area contributed by atoms with Crippen LogP contribution in [0.25, 0.3) is 0 Å². The van der Waals surface area contributed by atoms with E-state index >= 15 is 0 Å². The molecule has 2 heterocycles. The van der Waals surface area contributed by atoms with Crippen LogP contribution in [-0.4, -0.2) is 75.8 Å². The molecular weight excluding hydrogens is 639 g/mol. The molecule has 2 aliphatic heterocycles. The summed E-state index contributed by atoms with van der Waals surface area (Å²) in [5.41, 5.74) is -2.36. The first kappa shape index (κ1) is 34.4. The van der Waals surface area contributed by atoms with Crippen LogP contribution in [0.2, 0.25) is 0 Å². The number of alkyl halides is 3. The third kappa shape index (κ3) is 8.02. The Balaban J connectivity index is 1.47. The van der Waals surface area contributed by atoms with Gasteiger partial charge >= 0.3 is 12.3 Å². The number of likely N-dealkylation sites (tertiary alicyclic amines) is 2. The van der Waals surface area contributed by atoms with E-state index in [1.54, 1.807) is 26.8 Å². The van der Waals surface area contributed by atoms with Gasteiger partial charge in [0.05, 0.1) is 26.2 Å². The lowest BCUT2D eigenvalue weighted by molar-refractivity contribution is -0.143. The lowest BCUT2D eigenvalue weighted by atomic mass is 9.95. The minimum atomic E-state index is -5.09. The molecule has 2 fully saturated rings. The zero-order valence-corrected chi connectivity index (χ0v) is 26.5. The summed E-state index contributed by atoms with van der Waals surface area (Å²) in [4.78, 5) is 38.4. The molecule has 2 saturated heterocycles. The summed E-state index contributed by atoms with van der Waals surface area (Å²) in [6, 6.07) is 7.71. The Kier molecular flexibility index (Phi) is 9.71. The molecule has 0 spiro atoms. The highest BCUT2D eigenvalue weighted by molar-refractivity contribution is 7.91. The van der Waals surface area contributed by atoms with Gasteiger partial charge in [0.2, 0.25) is 31.7 Å². The van der Waals surface area contributed by atoms with Crippen LogP contribution >= 0.6 is 0 Å². The number of carbonyl (C=O) groups is 3. The number of piperidine rings is 2. The second kappa shape index (κ2) is 12.7. The van der Waals surface area contributed by atoms with Crippen molar-refractivity contribution in [3.8, 4) is 0 Å². The lowest BCUT2D eigenvalue weighted by Gasteiger charge is -2.37. The van der Waals surface area contributed by atoms with Gasteiger partial charge in [-0.05, 0) is 70.4 Å². The van der Waals surface area contributed by atoms with Crippen molar-refractivity contribution < 1.29 is 49.1 Å². The molecule has 2 aromatic rings. The number of amides is 3. The van der Waals surface area contributed by atoms with Crippen LogP contribution in [0.15, 0.2) is 63.2 Å². The van der Waals surface area contributed by atoms with Gasteiger partial charge in [-0.2, -0.15) is 13.2 Å². The van der Waals surface area contributed by atoms with Gasteiger partial charge in [-0.1, -0.05) is 18.2 Å². The summed E-state index contributed by atoms with van der Waals surface area (Å²) in [6.07, 6.45) is -5.63. The van der Waals surface area contributed by atoms with E-state index in [9.17, 15) is 44.4 Å². The molecule has 2 aliphatic rings. The summed E-state index contributed by atoms with van der Waals surface area (Å²) in [5.74, 6) is -1.48. The minimum Gasteiger partial charge on any atom is -0.443 e. The Morgan fingerprint density at radius 1 is 0.911 bits per heavy atom. The first-order valence-electron chi connectivity index (χ1n) is 14.2. The number of hydrogen-bond acceptors (Lipinski definition) is 8. The Morgan fingerprint density at radius 3 is 2.11 bits per heavy atom. The van der Waals surface area contributed by atoms with Crippen molar-refractivity contribution in [1.82, 2.24) is 14.5 Å². The molecule has 0 aromatic heterocycles.